The Labute approximate surface area is 477 Å². The molecule has 3 heterocycles. The number of methoxy groups -OCH3 is 2. The summed E-state index contributed by atoms with van der Waals surface area (Å²) in [4.78, 5) is 91.7. The van der Waals surface area contributed by atoms with Crippen LogP contribution in [0.1, 0.15) is 85.9 Å². The summed E-state index contributed by atoms with van der Waals surface area (Å²) >= 11 is 0. The number of ether oxygens (including phenoxy) is 5. The summed E-state index contributed by atoms with van der Waals surface area (Å²) in [6.45, 7) is 11.3. The van der Waals surface area contributed by atoms with Gasteiger partial charge in [-0.05, 0) is 64.0 Å². The van der Waals surface area contributed by atoms with Crippen molar-refractivity contribution < 1.29 is 87.9 Å². The Balaban J connectivity index is 1.14. The maximum absolute atomic E-state index is 14.3. The van der Waals surface area contributed by atoms with Gasteiger partial charge in [-0.1, -0.05) is 58.0 Å². The summed E-state index contributed by atoms with van der Waals surface area (Å²) in [5, 5.41) is 69.2. The maximum atomic E-state index is 14.3. The SMILES string of the molecule is C=C1CC(/C=N\OC)N(C(=O)c2cc(OC)c(OCCCCCOc3cc4c(cc3OC)C(=O)N3CC(=C)C[C@H]3C=N4)cc2NC(=O)OCC(C)SSC[C@@H](NC(=O)[C@@H](CC)CCC(=O)NC[C@H](O)[C@@H](O)[C@H](O)[C@H](O)CO)C(=O)O)C1. The molecule has 5 amide bonds. The van der Waals surface area contributed by atoms with Gasteiger partial charge in [0.1, 0.15) is 38.1 Å². The van der Waals surface area contributed by atoms with Crippen LogP contribution in [0.2, 0.25) is 0 Å². The highest BCUT2D eigenvalue weighted by Gasteiger charge is 2.36. The number of carboxylic acids is 1. The van der Waals surface area contributed by atoms with Crippen LogP contribution in [-0.4, -0.2) is 209 Å². The van der Waals surface area contributed by atoms with Crippen LogP contribution < -0.4 is 34.9 Å². The molecule has 0 saturated carbocycles. The van der Waals surface area contributed by atoms with E-state index in [4.69, 9.17) is 33.6 Å². The number of rotatable bonds is 33. The number of carbonyl (C=O) groups excluding carboxylic acids is 5. The minimum atomic E-state index is -1.87. The first-order chi connectivity index (χ1) is 38.7. The normalized spacial score (nSPS) is 18.4. The minimum Gasteiger partial charge on any atom is -0.493 e. The van der Waals surface area contributed by atoms with E-state index in [1.165, 1.54) is 55.4 Å². The van der Waals surface area contributed by atoms with Gasteiger partial charge in [0.2, 0.25) is 11.8 Å². The summed E-state index contributed by atoms with van der Waals surface area (Å²) in [6, 6.07) is 4.36. The molecule has 446 valence electrons. The topological polar surface area (TPSA) is 346 Å². The van der Waals surface area contributed by atoms with Gasteiger partial charge in [-0.15, -0.1) is 0 Å². The number of nitrogens with one attached hydrogen (secondary N) is 3. The Kier molecular flexibility index (Phi) is 25.9. The van der Waals surface area contributed by atoms with Gasteiger partial charge in [0.15, 0.2) is 23.0 Å². The highest BCUT2D eigenvalue weighted by atomic mass is 33.1. The second-order valence-corrected chi connectivity index (χ2v) is 22.4. The van der Waals surface area contributed by atoms with Gasteiger partial charge in [-0.25, -0.2) is 9.59 Å². The summed E-state index contributed by atoms with van der Waals surface area (Å²) in [6.07, 6.45) is -1.67. The highest BCUT2D eigenvalue weighted by molar-refractivity contribution is 8.77. The van der Waals surface area contributed by atoms with Gasteiger partial charge in [0.05, 0.1) is 80.9 Å². The third-order valence-electron chi connectivity index (χ3n) is 13.4. The fourth-order valence-corrected chi connectivity index (χ4v) is 11.1. The van der Waals surface area contributed by atoms with E-state index in [9.17, 15) is 54.3 Å². The fourth-order valence-electron chi connectivity index (χ4n) is 8.80. The largest absolute Gasteiger partial charge is 0.493 e. The lowest BCUT2D eigenvalue weighted by molar-refractivity contribution is -0.142. The molecule has 2 aromatic carbocycles. The Morgan fingerprint density at radius 1 is 0.901 bits per heavy atom. The van der Waals surface area contributed by atoms with E-state index in [2.05, 4.69) is 39.3 Å². The van der Waals surface area contributed by atoms with Crippen molar-refractivity contribution in [2.24, 2.45) is 16.1 Å². The number of fused-ring (bicyclic) bond motifs is 2. The molecule has 27 heteroatoms. The van der Waals surface area contributed by atoms with E-state index >= 15 is 0 Å². The van der Waals surface area contributed by atoms with Crippen molar-refractivity contribution in [3.63, 3.8) is 0 Å². The molecule has 2 fully saturated rings. The van der Waals surface area contributed by atoms with Crippen molar-refractivity contribution in [3.8, 4) is 23.0 Å². The first kappa shape index (κ1) is 65.2. The highest BCUT2D eigenvalue weighted by Crippen LogP contribution is 2.40. The predicted octanol–water partition coefficient (Wildman–Crippen LogP) is 3.47. The Morgan fingerprint density at radius 2 is 1.57 bits per heavy atom. The first-order valence-corrected chi connectivity index (χ1v) is 28.7. The van der Waals surface area contributed by atoms with Crippen molar-refractivity contribution >= 4 is 81.1 Å². The number of anilines is 1. The molecule has 81 heavy (non-hydrogen) atoms. The van der Waals surface area contributed by atoms with Gasteiger partial charge in [-0.3, -0.25) is 29.5 Å². The Morgan fingerprint density at radius 3 is 2.22 bits per heavy atom. The standard InChI is InChI=1S/C54H75N7O18S2/c1-8-33(12-13-47(65)56-24-41(63)48(66)49(67)42(64)27-62)50(68)58-40(53(71)72)29-80-81-32(4)28-79-54(73)59-39-21-46(44(75-6)19-37(39)52(70)61-26-31(3)17-35(61)23-57-76-7)78-15-11-9-10-14-77-45-20-38-36(18-43(45)74-5)51(69)60-25-30(2)16-34(60)22-55-38/h18-23,32-35,40-42,48-49,62-64,66-67H,2-3,8-17,24-29H2,1,4-7H3,(H,56,65)(H,58,68)(H,59,73)(H,71,72)/b57-23-/t32?,33-,34-,35?,40+,41-,42+,48+,49+/m0/s1. The van der Waals surface area contributed by atoms with Crippen LogP contribution in [0.5, 0.6) is 23.0 Å². The van der Waals surface area contributed by atoms with E-state index in [0.29, 0.717) is 68.0 Å². The Hall–Kier alpha value is -6.62. The number of carboxylic acid groups (broad SMARTS) is 1. The molecule has 0 bridgehead atoms. The second kappa shape index (κ2) is 32.1. The number of aliphatic hydroxyl groups is 5. The lowest BCUT2D eigenvalue weighted by atomic mass is 9.98. The zero-order valence-corrected chi connectivity index (χ0v) is 47.7. The molecule has 0 radical (unpaired) electrons. The van der Waals surface area contributed by atoms with Crippen LogP contribution in [0, 0.1) is 5.92 Å². The van der Waals surface area contributed by atoms with Crippen LogP contribution in [0.4, 0.5) is 16.2 Å². The first-order valence-electron chi connectivity index (χ1n) is 26.3. The number of aliphatic hydroxyl groups excluding tert-OH is 5. The molecular formula is C54H75N7O18S2. The molecule has 25 nitrogen and oxygen atoms in total. The third kappa shape index (κ3) is 18.7. The average molecular weight is 1170 g/mol. The summed E-state index contributed by atoms with van der Waals surface area (Å²) in [5.41, 5.74) is 2.80. The molecule has 2 saturated heterocycles. The van der Waals surface area contributed by atoms with Gasteiger partial charge in [0, 0.05) is 61.3 Å². The number of nitrogens with zero attached hydrogens (tertiary/aromatic N) is 4. The smallest absolute Gasteiger partial charge is 0.411 e. The molecule has 3 aliphatic rings. The summed E-state index contributed by atoms with van der Waals surface area (Å²) in [7, 11) is 6.64. The van der Waals surface area contributed by atoms with Crippen molar-refractivity contribution in [2.45, 2.75) is 113 Å². The summed E-state index contributed by atoms with van der Waals surface area (Å²) in [5.74, 6) is -2.62. The van der Waals surface area contributed by atoms with Gasteiger partial charge < -0.3 is 79.6 Å². The molecule has 0 spiro atoms. The monoisotopic (exact) mass is 1170 g/mol. The second-order valence-electron chi connectivity index (χ2n) is 19.5. The third-order valence-corrected chi connectivity index (χ3v) is 16.2. The van der Waals surface area contributed by atoms with Crippen molar-refractivity contribution in [1.29, 1.82) is 0 Å². The van der Waals surface area contributed by atoms with E-state index in [0.717, 1.165) is 21.9 Å². The summed E-state index contributed by atoms with van der Waals surface area (Å²) < 4.78 is 29.1. The molecule has 0 aliphatic carbocycles. The van der Waals surface area contributed by atoms with E-state index in [1.807, 2.05) is 0 Å². The molecule has 2 unspecified atom stereocenters. The molecule has 0 aromatic heterocycles. The molecule has 3 aliphatic heterocycles. The van der Waals surface area contributed by atoms with Crippen LogP contribution >= 0.6 is 21.6 Å². The number of unbranched alkanes of at least 4 members (excludes halogenated alkanes) is 2. The van der Waals surface area contributed by atoms with Crippen LogP contribution in [-0.2, 0) is 24.0 Å². The number of likely N-dealkylation sites (tertiary alicyclic amines) is 1. The molecule has 2 aromatic rings. The quantitative estimate of drug-likeness (QED) is 0.0162. The number of hydrogen-bond donors (Lipinski definition) is 9. The van der Waals surface area contributed by atoms with Gasteiger partial charge >= 0.3 is 12.1 Å². The number of hydrogen-bond acceptors (Lipinski definition) is 21. The lowest BCUT2D eigenvalue weighted by Gasteiger charge is -2.25. The van der Waals surface area contributed by atoms with E-state index < -0.39 is 90.6 Å². The molecule has 5 rings (SSSR count). The maximum Gasteiger partial charge on any atom is 0.411 e. The van der Waals surface area contributed by atoms with Crippen LogP contribution in [0.15, 0.2) is 58.7 Å². The van der Waals surface area contributed by atoms with Crippen LogP contribution in [0.3, 0.4) is 0 Å². The average Bonchev–Trinajstić information content (AvgIpc) is 4.15. The predicted molar refractivity (Wildman–Crippen MR) is 303 cm³/mol. The molecule has 9 atom stereocenters. The van der Waals surface area contributed by atoms with Crippen molar-refractivity contribution in [3.05, 3.63) is 59.7 Å². The zero-order valence-electron chi connectivity index (χ0n) is 46.1. The molecular weight excluding hydrogens is 1100 g/mol. The van der Waals surface area contributed by atoms with Crippen molar-refractivity contribution in [2.75, 3.05) is 78.5 Å². The van der Waals surface area contributed by atoms with E-state index in [-0.39, 0.29) is 79.5 Å². The fraction of sp³-hybridized carbons (Fsp3) is 0.556. The number of oxime groups is 1. The van der Waals surface area contributed by atoms with E-state index in [1.54, 1.807) is 37.1 Å². The van der Waals surface area contributed by atoms with Crippen LogP contribution in [0.25, 0.3) is 0 Å². The number of carbonyl (C=O) groups is 6. The van der Waals surface area contributed by atoms with Gasteiger partial charge in [0.25, 0.3) is 11.8 Å². The van der Waals surface area contributed by atoms with Gasteiger partial charge in [-0.2, -0.15) is 0 Å². The lowest BCUT2D eigenvalue weighted by Crippen LogP contribution is -2.49. The minimum absolute atomic E-state index is 0.0218. The number of amides is 5. The molecule has 9 N–H and O–H groups in total. The zero-order chi connectivity index (χ0) is 59.3. The van der Waals surface area contributed by atoms with Crippen molar-refractivity contribution in [1.82, 2.24) is 20.4 Å². The Bertz CT molecular complexity index is 2610. The number of benzene rings is 2. The number of aliphatic imine (C=N–C) groups is 1. The number of aliphatic carboxylic acids is 1.